The average Bonchev–Trinajstić information content (AvgIpc) is 2.44. The van der Waals surface area contributed by atoms with E-state index in [0.29, 0.717) is 25.3 Å². The number of hydrogen-bond donors (Lipinski definition) is 1. The van der Waals surface area contributed by atoms with Gasteiger partial charge in [-0.15, -0.1) is 0 Å². The Balaban J connectivity index is 2.23. The van der Waals surface area contributed by atoms with Gasteiger partial charge in [-0.05, 0) is 20.8 Å². The maximum atomic E-state index is 12.7. The van der Waals surface area contributed by atoms with Gasteiger partial charge in [0.15, 0.2) is 5.43 Å². The molecule has 2 heterocycles. The highest BCUT2D eigenvalue weighted by molar-refractivity contribution is 5.94. The number of nitrogens with zero attached hydrogens (tertiary/aromatic N) is 3. The van der Waals surface area contributed by atoms with Crippen LogP contribution >= 0.6 is 0 Å². The molecule has 0 atom stereocenters. The summed E-state index contributed by atoms with van der Waals surface area (Å²) in [6.07, 6.45) is 1.47. The van der Waals surface area contributed by atoms with Gasteiger partial charge in [-0.1, -0.05) is 0 Å². The quantitative estimate of drug-likeness (QED) is 0.835. The minimum atomic E-state index is -0.543. The molecule has 126 valence electrons. The van der Waals surface area contributed by atoms with Crippen LogP contribution in [0.4, 0.5) is 4.79 Å². The maximum Gasteiger partial charge on any atom is 0.319 e. The molecule has 1 aliphatic rings. The van der Waals surface area contributed by atoms with Crippen molar-refractivity contribution in [2.75, 3.05) is 33.7 Å². The van der Waals surface area contributed by atoms with Gasteiger partial charge in [0.1, 0.15) is 5.56 Å². The van der Waals surface area contributed by atoms with Crippen molar-refractivity contribution < 1.29 is 9.59 Å². The smallest absolute Gasteiger partial charge is 0.319 e. The number of urea groups is 1. The molecule has 0 spiro atoms. The van der Waals surface area contributed by atoms with Crippen molar-refractivity contribution >= 4 is 11.9 Å². The monoisotopic (exact) mass is 320 g/mol. The van der Waals surface area contributed by atoms with Crippen LogP contribution in [0.3, 0.4) is 0 Å². The van der Waals surface area contributed by atoms with E-state index in [1.807, 2.05) is 13.8 Å². The van der Waals surface area contributed by atoms with Gasteiger partial charge < -0.3 is 19.7 Å². The third-order valence-electron chi connectivity index (χ3n) is 4.09. The number of aromatic nitrogens is 1. The summed E-state index contributed by atoms with van der Waals surface area (Å²) in [7, 11) is 3.41. The number of hydrogen-bond acceptors (Lipinski definition) is 3. The van der Waals surface area contributed by atoms with Gasteiger partial charge in [0.2, 0.25) is 0 Å². The lowest BCUT2D eigenvalue weighted by Gasteiger charge is -2.47. The van der Waals surface area contributed by atoms with E-state index in [4.69, 9.17) is 0 Å². The van der Waals surface area contributed by atoms with Crippen LogP contribution in [0.1, 0.15) is 29.9 Å². The van der Waals surface area contributed by atoms with Gasteiger partial charge >= 0.3 is 6.03 Å². The van der Waals surface area contributed by atoms with E-state index < -0.39 is 5.54 Å². The van der Waals surface area contributed by atoms with Crippen LogP contribution in [-0.2, 0) is 0 Å². The fourth-order valence-corrected chi connectivity index (χ4v) is 2.86. The summed E-state index contributed by atoms with van der Waals surface area (Å²) < 4.78 is 0. The first-order valence-corrected chi connectivity index (χ1v) is 7.61. The third-order valence-corrected chi connectivity index (χ3v) is 4.09. The van der Waals surface area contributed by atoms with Gasteiger partial charge in [-0.2, -0.15) is 0 Å². The maximum absolute atomic E-state index is 12.7. The van der Waals surface area contributed by atoms with Crippen molar-refractivity contribution in [3.8, 4) is 0 Å². The zero-order valence-corrected chi connectivity index (χ0v) is 14.3. The fraction of sp³-hybridized carbons (Fsp3) is 0.562. The summed E-state index contributed by atoms with van der Waals surface area (Å²) in [5, 5.41) is 0. The number of aromatic amines is 1. The van der Waals surface area contributed by atoms with Crippen LogP contribution in [0.5, 0.6) is 0 Å². The molecule has 0 aromatic carbocycles. The number of rotatable bonds is 1. The van der Waals surface area contributed by atoms with Crippen molar-refractivity contribution in [2.45, 2.75) is 26.3 Å². The van der Waals surface area contributed by atoms with Crippen LogP contribution in [0, 0.1) is 6.92 Å². The Morgan fingerprint density at radius 1 is 1.26 bits per heavy atom. The normalized spacial score (nSPS) is 17.1. The van der Waals surface area contributed by atoms with Crippen molar-refractivity contribution in [2.24, 2.45) is 0 Å². The Morgan fingerprint density at radius 3 is 2.43 bits per heavy atom. The van der Waals surface area contributed by atoms with Crippen molar-refractivity contribution in [1.82, 2.24) is 19.7 Å². The summed E-state index contributed by atoms with van der Waals surface area (Å²) in [6, 6.07) is 1.35. The SMILES string of the molecule is Cc1cc(=O)c(C(=O)N2CCN(C(=O)N(C)C)CC2(C)C)c[nH]1. The van der Waals surface area contributed by atoms with Crippen molar-refractivity contribution in [3.63, 3.8) is 0 Å². The lowest BCUT2D eigenvalue weighted by Crippen LogP contribution is -2.63. The summed E-state index contributed by atoms with van der Waals surface area (Å²) in [5.74, 6) is -0.298. The molecule has 1 aromatic heterocycles. The number of amides is 3. The average molecular weight is 320 g/mol. The van der Waals surface area contributed by atoms with E-state index in [2.05, 4.69) is 4.98 Å². The Kier molecular flexibility index (Phi) is 4.49. The van der Waals surface area contributed by atoms with Crippen molar-refractivity contribution in [3.05, 3.63) is 33.7 Å². The number of piperazine rings is 1. The topological polar surface area (TPSA) is 76.7 Å². The number of aryl methyl sites for hydroxylation is 1. The Bertz CT molecular complexity index is 678. The minimum Gasteiger partial charge on any atom is -0.364 e. The lowest BCUT2D eigenvalue weighted by atomic mass is 9.97. The molecule has 0 bridgehead atoms. The Labute approximate surface area is 135 Å². The highest BCUT2D eigenvalue weighted by Crippen LogP contribution is 2.23. The summed E-state index contributed by atoms with van der Waals surface area (Å²) in [5.41, 5.74) is 0.0235. The zero-order valence-electron chi connectivity index (χ0n) is 14.3. The molecule has 1 aliphatic heterocycles. The highest BCUT2D eigenvalue weighted by atomic mass is 16.2. The molecule has 7 heteroatoms. The first kappa shape index (κ1) is 17.1. The molecule has 0 saturated carbocycles. The molecular formula is C16H24N4O3. The highest BCUT2D eigenvalue weighted by Gasteiger charge is 2.39. The standard InChI is InChI=1S/C16H24N4O3/c1-11-8-13(21)12(9-17-11)14(22)20-7-6-19(10-16(20,2)3)15(23)18(4)5/h8-9H,6-7,10H2,1-5H3,(H,17,21). The molecule has 0 radical (unpaired) electrons. The van der Waals surface area contributed by atoms with E-state index in [1.54, 1.807) is 30.8 Å². The largest absolute Gasteiger partial charge is 0.364 e. The van der Waals surface area contributed by atoms with E-state index in [1.165, 1.54) is 17.2 Å². The molecule has 23 heavy (non-hydrogen) atoms. The molecular weight excluding hydrogens is 296 g/mol. The molecule has 3 amide bonds. The summed E-state index contributed by atoms with van der Waals surface area (Å²) in [6.45, 7) is 6.87. The molecule has 2 rings (SSSR count). The predicted octanol–water partition coefficient (Wildman–Crippen LogP) is 0.901. The third kappa shape index (κ3) is 3.38. The van der Waals surface area contributed by atoms with E-state index in [-0.39, 0.29) is 22.9 Å². The minimum absolute atomic E-state index is 0.0710. The molecule has 1 aromatic rings. The van der Waals surface area contributed by atoms with Gasteiger partial charge in [-0.3, -0.25) is 9.59 Å². The second-order valence-electron chi connectivity index (χ2n) is 6.76. The molecule has 1 saturated heterocycles. The summed E-state index contributed by atoms with van der Waals surface area (Å²) in [4.78, 5) is 44.8. The Hall–Kier alpha value is -2.31. The van der Waals surface area contributed by atoms with Gasteiger partial charge in [-0.25, -0.2) is 4.79 Å². The first-order valence-electron chi connectivity index (χ1n) is 7.61. The zero-order chi connectivity index (χ0) is 17.4. The van der Waals surface area contributed by atoms with Crippen LogP contribution in [-0.4, -0.2) is 70.9 Å². The van der Waals surface area contributed by atoms with Crippen LogP contribution in [0.2, 0.25) is 0 Å². The van der Waals surface area contributed by atoms with E-state index in [0.717, 1.165) is 0 Å². The number of pyridine rings is 1. The number of carbonyl (C=O) groups excluding carboxylic acids is 2. The van der Waals surface area contributed by atoms with Crippen LogP contribution < -0.4 is 5.43 Å². The molecule has 1 N–H and O–H groups in total. The van der Waals surface area contributed by atoms with Crippen molar-refractivity contribution in [1.29, 1.82) is 0 Å². The van der Waals surface area contributed by atoms with E-state index in [9.17, 15) is 14.4 Å². The summed E-state index contributed by atoms with van der Waals surface area (Å²) >= 11 is 0. The second-order valence-corrected chi connectivity index (χ2v) is 6.76. The van der Waals surface area contributed by atoms with Gasteiger partial charge in [0, 0.05) is 51.7 Å². The van der Waals surface area contributed by atoms with Crippen LogP contribution in [0.25, 0.3) is 0 Å². The van der Waals surface area contributed by atoms with Gasteiger partial charge in [0.25, 0.3) is 5.91 Å². The molecule has 0 aliphatic carbocycles. The number of nitrogens with one attached hydrogen (secondary N) is 1. The molecule has 0 unspecified atom stereocenters. The van der Waals surface area contributed by atoms with E-state index >= 15 is 0 Å². The fourth-order valence-electron chi connectivity index (χ4n) is 2.86. The van der Waals surface area contributed by atoms with Gasteiger partial charge in [0.05, 0.1) is 5.54 Å². The molecule has 1 fully saturated rings. The predicted molar refractivity (Wildman–Crippen MR) is 87.6 cm³/mol. The first-order chi connectivity index (χ1) is 10.6. The van der Waals surface area contributed by atoms with Crippen LogP contribution in [0.15, 0.2) is 17.1 Å². The Morgan fingerprint density at radius 2 is 1.91 bits per heavy atom. The number of H-pyrrole nitrogens is 1. The lowest BCUT2D eigenvalue weighted by molar-refractivity contribution is 0.0240. The molecule has 7 nitrogen and oxygen atoms in total. The second kappa shape index (κ2) is 6.06. The number of carbonyl (C=O) groups is 2.